The molecule has 14 heavy (non-hydrogen) atoms. The number of benzene rings is 1. The molecule has 0 bridgehead atoms. The SMILES string of the molecule is C=CCC(C)COc1ccccc1[SiH3]. The molecule has 0 saturated carbocycles. The molecular formula is C12H18OSi. The molecule has 0 spiro atoms. The van der Waals surface area contributed by atoms with Gasteiger partial charge in [0.1, 0.15) is 5.75 Å². The van der Waals surface area contributed by atoms with Crippen LogP contribution in [0.2, 0.25) is 0 Å². The first-order chi connectivity index (χ1) is 6.74. The minimum absolute atomic E-state index is 0.550. The fourth-order valence-corrected chi connectivity index (χ4v) is 1.81. The van der Waals surface area contributed by atoms with Gasteiger partial charge >= 0.3 is 0 Å². The van der Waals surface area contributed by atoms with Crippen LogP contribution in [0, 0.1) is 5.92 Å². The summed E-state index contributed by atoms with van der Waals surface area (Å²) in [6.45, 7) is 6.69. The number of allylic oxidation sites excluding steroid dienone is 1. The molecule has 0 radical (unpaired) electrons. The van der Waals surface area contributed by atoms with Crippen LogP contribution in [0.3, 0.4) is 0 Å². The normalized spacial score (nSPS) is 12.4. The Bertz CT molecular complexity index is 296. The largest absolute Gasteiger partial charge is 0.493 e. The third kappa shape index (κ3) is 3.38. The molecule has 76 valence electrons. The van der Waals surface area contributed by atoms with Crippen LogP contribution in [0.25, 0.3) is 0 Å². The van der Waals surface area contributed by atoms with Crippen LogP contribution in [-0.4, -0.2) is 16.8 Å². The zero-order chi connectivity index (χ0) is 10.4. The molecular weight excluding hydrogens is 188 g/mol. The molecule has 0 amide bonds. The van der Waals surface area contributed by atoms with Gasteiger partial charge in [0.05, 0.1) is 6.61 Å². The van der Waals surface area contributed by atoms with E-state index in [1.54, 1.807) is 0 Å². The molecule has 0 aliphatic carbocycles. The van der Waals surface area contributed by atoms with Crippen molar-refractivity contribution in [2.45, 2.75) is 13.3 Å². The van der Waals surface area contributed by atoms with Crippen molar-refractivity contribution >= 4 is 15.4 Å². The van der Waals surface area contributed by atoms with Crippen LogP contribution in [0.15, 0.2) is 36.9 Å². The van der Waals surface area contributed by atoms with Crippen LogP contribution in [0.4, 0.5) is 0 Å². The lowest BCUT2D eigenvalue weighted by Crippen LogP contribution is -2.13. The highest BCUT2D eigenvalue weighted by atomic mass is 28.1. The molecule has 1 aromatic carbocycles. The van der Waals surface area contributed by atoms with Crippen molar-refractivity contribution < 1.29 is 4.74 Å². The second-order valence-corrected chi connectivity index (χ2v) is 4.78. The van der Waals surface area contributed by atoms with Crippen LogP contribution in [-0.2, 0) is 0 Å². The van der Waals surface area contributed by atoms with E-state index in [2.05, 4.69) is 25.6 Å². The quantitative estimate of drug-likeness (QED) is 0.521. The van der Waals surface area contributed by atoms with Crippen molar-refractivity contribution in [2.75, 3.05) is 6.61 Å². The topological polar surface area (TPSA) is 9.23 Å². The van der Waals surface area contributed by atoms with Gasteiger partial charge in [0.15, 0.2) is 0 Å². The van der Waals surface area contributed by atoms with Crippen LogP contribution in [0.5, 0.6) is 5.75 Å². The second-order valence-electron chi connectivity index (χ2n) is 3.71. The molecule has 0 aliphatic rings. The number of hydrogen-bond donors (Lipinski definition) is 0. The summed E-state index contributed by atoms with van der Waals surface area (Å²) in [4.78, 5) is 0. The van der Waals surface area contributed by atoms with Crippen molar-refractivity contribution in [1.29, 1.82) is 0 Å². The third-order valence-corrected chi connectivity index (χ3v) is 3.01. The van der Waals surface area contributed by atoms with Gasteiger partial charge in [0.25, 0.3) is 0 Å². The molecule has 1 rings (SSSR count). The first-order valence-corrected chi connectivity index (χ1v) is 6.03. The molecule has 1 atom stereocenters. The van der Waals surface area contributed by atoms with Gasteiger partial charge in [0, 0.05) is 10.2 Å². The first-order valence-electron chi connectivity index (χ1n) is 5.03. The van der Waals surface area contributed by atoms with Crippen LogP contribution >= 0.6 is 0 Å². The van der Waals surface area contributed by atoms with Crippen molar-refractivity contribution in [2.24, 2.45) is 5.92 Å². The summed E-state index contributed by atoms with van der Waals surface area (Å²) in [5.41, 5.74) is 0. The summed E-state index contributed by atoms with van der Waals surface area (Å²) >= 11 is 0. The average Bonchev–Trinajstić information content (AvgIpc) is 2.17. The van der Waals surface area contributed by atoms with E-state index in [1.165, 1.54) is 5.19 Å². The van der Waals surface area contributed by atoms with E-state index in [1.807, 2.05) is 18.2 Å². The maximum Gasteiger partial charge on any atom is 0.117 e. The molecule has 1 aromatic rings. The van der Waals surface area contributed by atoms with E-state index >= 15 is 0 Å². The molecule has 2 heteroatoms. The van der Waals surface area contributed by atoms with Crippen molar-refractivity contribution in [3.8, 4) is 5.75 Å². The van der Waals surface area contributed by atoms with Crippen molar-refractivity contribution in [1.82, 2.24) is 0 Å². The highest BCUT2D eigenvalue weighted by Crippen LogP contribution is 2.09. The Morgan fingerprint density at radius 2 is 2.21 bits per heavy atom. The fraction of sp³-hybridized carbons (Fsp3) is 0.333. The zero-order valence-electron chi connectivity index (χ0n) is 8.99. The van der Waals surface area contributed by atoms with Crippen LogP contribution in [0.1, 0.15) is 13.3 Å². The lowest BCUT2D eigenvalue weighted by molar-refractivity contribution is 0.263. The average molecular weight is 206 g/mol. The minimum atomic E-state index is 0.550. The van der Waals surface area contributed by atoms with Gasteiger partial charge < -0.3 is 4.74 Å². The summed E-state index contributed by atoms with van der Waals surface area (Å²) in [5.74, 6) is 1.60. The minimum Gasteiger partial charge on any atom is -0.493 e. The van der Waals surface area contributed by atoms with Crippen molar-refractivity contribution in [3.05, 3.63) is 36.9 Å². The predicted octanol–water partition coefficient (Wildman–Crippen LogP) is 1.27. The summed E-state index contributed by atoms with van der Waals surface area (Å²) < 4.78 is 5.74. The molecule has 0 fully saturated rings. The smallest absolute Gasteiger partial charge is 0.117 e. The van der Waals surface area contributed by atoms with Gasteiger partial charge in [-0.25, -0.2) is 0 Å². The maximum absolute atomic E-state index is 5.74. The van der Waals surface area contributed by atoms with Crippen molar-refractivity contribution in [3.63, 3.8) is 0 Å². The molecule has 0 aliphatic heterocycles. The Balaban J connectivity index is 2.45. The Morgan fingerprint density at radius 3 is 2.86 bits per heavy atom. The molecule has 1 unspecified atom stereocenters. The third-order valence-electron chi connectivity index (χ3n) is 2.19. The summed E-state index contributed by atoms with van der Waals surface area (Å²) in [6, 6.07) is 8.25. The van der Waals surface area contributed by atoms with Gasteiger partial charge in [-0.15, -0.1) is 6.58 Å². The van der Waals surface area contributed by atoms with E-state index in [4.69, 9.17) is 4.74 Å². The predicted molar refractivity (Wildman–Crippen MR) is 65.5 cm³/mol. The molecule has 1 nitrogen and oxygen atoms in total. The molecule has 0 saturated heterocycles. The van der Waals surface area contributed by atoms with E-state index in [-0.39, 0.29) is 0 Å². The number of ether oxygens (including phenoxy) is 1. The van der Waals surface area contributed by atoms with Gasteiger partial charge in [-0.05, 0) is 23.6 Å². The summed E-state index contributed by atoms with van der Waals surface area (Å²) in [6.07, 6.45) is 2.96. The second kappa shape index (κ2) is 5.65. The molecule has 0 N–H and O–H groups in total. The summed E-state index contributed by atoms with van der Waals surface area (Å²) in [7, 11) is 1.04. The van der Waals surface area contributed by atoms with Crippen LogP contribution < -0.4 is 9.92 Å². The van der Waals surface area contributed by atoms with E-state index in [0.29, 0.717) is 5.92 Å². The van der Waals surface area contributed by atoms with Gasteiger partial charge in [-0.1, -0.05) is 31.2 Å². The van der Waals surface area contributed by atoms with Gasteiger partial charge in [0.2, 0.25) is 0 Å². The highest BCUT2D eigenvalue weighted by molar-refractivity contribution is 6.34. The lowest BCUT2D eigenvalue weighted by Gasteiger charge is -2.12. The summed E-state index contributed by atoms with van der Waals surface area (Å²) in [5, 5.41) is 1.33. The lowest BCUT2D eigenvalue weighted by atomic mass is 10.1. The Morgan fingerprint density at radius 1 is 1.50 bits per heavy atom. The highest BCUT2D eigenvalue weighted by Gasteiger charge is 2.02. The molecule has 0 heterocycles. The standard InChI is InChI=1S/C12H18OSi/c1-3-6-10(2)9-13-11-7-4-5-8-12(11)14/h3-5,7-8,10H,1,6,9H2,2,14H3. The van der Waals surface area contributed by atoms with E-state index in [0.717, 1.165) is 29.0 Å². The Labute approximate surface area is 89.2 Å². The van der Waals surface area contributed by atoms with E-state index in [9.17, 15) is 0 Å². The van der Waals surface area contributed by atoms with Gasteiger partial charge in [-0.2, -0.15) is 0 Å². The first kappa shape index (κ1) is 11.1. The number of rotatable bonds is 5. The van der Waals surface area contributed by atoms with E-state index < -0.39 is 0 Å². The Kier molecular flexibility index (Phi) is 4.46. The molecule has 0 aromatic heterocycles. The number of para-hydroxylation sites is 1. The monoisotopic (exact) mass is 206 g/mol. The Hall–Kier alpha value is -1.02. The zero-order valence-corrected chi connectivity index (χ0v) is 11.0. The maximum atomic E-state index is 5.74. The number of hydrogen-bond acceptors (Lipinski definition) is 1. The fourth-order valence-electron chi connectivity index (χ4n) is 1.30. The van der Waals surface area contributed by atoms with Gasteiger partial charge in [-0.3, -0.25) is 0 Å².